The van der Waals surface area contributed by atoms with Gasteiger partial charge in [0, 0.05) is 19.0 Å². The van der Waals surface area contributed by atoms with E-state index >= 15 is 0 Å². The number of amides is 2. The third-order valence-electron chi connectivity index (χ3n) is 13.1. The van der Waals surface area contributed by atoms with Gasteiger partial charge in [0.2, 0.25) is 5.91 Å². The van der Waals surface area contributed by atoms with Gasteiger partial charge in [-0.25, -0.2) is 4.79 Å². The fraction of sp³-hybridized carbons (Fsp3) is 0.938. The Morgan fingerprint density at radius 2 is 1.64 bits per heavy atom. The summed E-state index contributed by atoms with van der Waals surface area (Å²) in [7, 11) is 0. The number of nitrogens with two attached hydrogens (primary N) is 1. The molecule has 0 aromatic carbocycles. The maximum Gasteiger partial charge on any atom is 0.409 e. The smallest absolute Gasteiger partial charge is 0.409 e. The predicted molar refractivity (Wildman–Crippen MR) is 150 cm³/mol. The molecule has 11 atom stereocenters. The first-order valence-corrected chi connectivity index (χ1v) is 16.1. The van der Waals surface area contributed by atoms with Crippen LogP contribution in [0.1, 0.15) is 98.3 Å². The Hall–Kier alpha value is -1.34. The van der Waals surface area contributed by atoms with Crippen LogP contribution in [0.15, 0.2) is 0 Å². The maximum absolute atomic E-state index is 12.6. The average molecular weight is 547 g/mol. The minimum atomic E-state index is -0.272. The SMILES string of the molecule is CC[C@H]1[C@@H](O)[C@@H]2[C@H](CC[C@]3(C)[C@@H]([C@H](C)CCOC(=O)N4CCC(C(N)=O)CC4)CC[C@@H]23)[C@@]2(C)CC[C@@H](O)C[C@@H]12. The molecule has 1 heterocycles. The summed E-state index contributed by atoms with van der Waals surface area (Å²) in [4.78, 5) is 25.8. The van der Waals surface area contributed by atoms with Gasteiger partial charge < -0.3 is 25.6 Å². The van der Waals surface area contributed by atoms with Gasteiger partial charge in [0.25, 0.3) is 0 Å². The molecule has 0 aromatic heterocycles. The Balaban J connectivity index is 1.21. The number of ether oxygens (including phenoxy) is 1. The first-order chi connectivity index (χ1) is 18.5. The van der Waals surface area contributed by atoms with Gasteiger partial charge in [0.15, 0.2) is 0 Å². The molecule has 4 saturated carbocycles. The molecule has 0 aromatic rings. The summed E-state index contributed by atoms with van der Waals surface area (Å²) in [5, 5.41) is 22.4. The summed E-state index contributed by atoms with van der Waals surface area (Å²) in [6, 6.07) is 0. The van der Waals surface area contributed by atoms with Gasteiger partial charge >= 0.3 is 6.09 Å². The van der Waals surface area contributed by atoms with E-state index in [-0.39, 0.29) is 46.9 Å². The Morgan fingerprint density at radius 1 is 0.974 bits per heavy atom. The van der Waals surface area contributed by atoms with Crippen molar-refractivity contribution < 1.29 is 24.5 Å². The van der Waals surface area contributed by atoms with Crippen molar-refractivity contribution in [3.63, 3.8) is 0 Å². The Bertz CT molecular complexity index is 905. The van der Waals surface area contributed by atoms with Gasteiger partial charge in [0.1, 0.15) is 0 Å². The monoisotopic (exact) mass is 546 g/mol. The highest BCUT2D eigenvalue weighted by Crippen LogP contribution is 2.69. The number of piperidine rings is 1. The van der Waals surface area contributed by atoms with E-state index in [9.17, 15) is 19.8 Å². The van der Waals surface area contributed by atoms with E-state index in [0.29, 0.717) is 68.0 Å². The lowest BCUT2D eigenvalue weighted by atomic mass is 9.41. The summed E-state index contributed by atoms with van der Waals surface area (Å²) in [6.45, 7) is 11.1. The Kier molecular flexibility index (Phi) is 8.34. The number of carbonyl (C=O) groups is 2. The van der Waals surface area contributed by atoms with Crippen LogP contribution < -0.4 is 5.73 Å². The lowest BCUT2D eigenvalue weighted by Gasteiger charge is -2.64. The van der Waals surface area contributed by atoms with Gasteiger partial charge in [-0.2, -0.15) is 0 Å². The van der Waals surface area contributed by atoms with E-state index in [2.05, 4.69) is 27.7 Å². The molecule has 4 N–H and O–H groups in total. The molecule has 4 aliphatic carbocycles. The number of carbonyl (C=O) groups excluding carboxylic acids is 2. The number of fused-ring (bicyclic) bond motifs is 5. The summed E-state index contributed by atoms with van der Waals surface area (Å²) < 4.78 is 5.70. The minimum absolute atomic E-state index is 0.131. The van der Waals surface area contributed by atoms with Crippen LogP contribution in [0.2, 0.25) is 0 Å². The van der Waals surface area contributed by atoms with Crippen LogP contribution in [-0.4, -0.2) is 59.0 Å². The Labute approximate surface area is 235 Å². The molecule has 0 bridgehead atoms. The molecule has 1 saturated heterocycles. The van der Waals surface area contributed by atoms with E-state index in [0.717, 1.165) is 32.1 Å². The first kappa shape index (κ1) is 29.2. The Morgan fingerprint density at radius 3 is 2.31 bits per heavy atom. The summed E-state index contributed by atoms with van der Waals surface area (Å²) in [5.74, 6) is 2.83. The maximum atomic E-state index is 12.6. The molecule has 5 aliphatic rings. The zero-order valence-electron chi connectivity index (χ0n) is 24.8. The largest absolute Gasteiger partial charge is 0.449 e. The van der Waals surface area contributed by atoms with Gasteiger partial charge in [-0.15, -0.1) is 0 Å². The van der Waals surface area contributed by atoms with Crippen molar-refractivity contribution in [3.8, 4) is 0 Å². The van der Waals surface area contributed by atoms with Gasteiger partial charge in [-0.3, -0.25) is 4.79 Å². The zero-order valence-corrected chi connectivity index (χ0v) is 24.8. The standard InChI is InChI=1S/C32H54N2O5/c1-5-22-26-18-21(35)8-13-32(26,4)25-9-14-31(3)23(6-7-24(31)27(25)28(22)36)19(2)12-17-39-30(38)34-15-10-20(11-16-34)29(33)37/h19-28,35-36H,5-18H2,1-4H3,(H2,33,37)/t19-,21-,22-,23-,24+,25+,26+,27+,28-,31-,32-/m1/s1. The number of rotatable bonds is 6. The van der Waals surface area contributed by atoms with Crippen LogP contribution in [0.5, 0.6) is 0 Å². The van der Waals surface area contributed by atoms with Crippen molar-refractivity contribution in [1.29, 1.82) is 0 Å². The predicted octanol–water partition coefficient (Wildman–Crippen LogP) is 4.97. The van der Waals surface area contributed by atoms with Crippen molar-refractivity contribution in [3.05, 3.63) is 0 Å². The van der Waals surface area contributed by atoms with E-state index in [1.807, 2.05) is 0 Å². The first-order valence-electron chi connectivity index (χ1n) is 16.1. The van der Waals surface area contributed by atoms with Crippen molar-refractivity contribution in [2.75, 3.05) is 19.7 Å². The highest BCUT2D eigenvalue weighted by Gasteiger charge is 2.64. The third kappa shape index (κ3) is 5.02. The summed E-state index contributed by atoms with van der Waals surface area (Å²) >= 11 is 0. The number of hydrogen-bond donors (Lipinski definition) is 3. The molecule has 0 radical (unpaired) electrons. The highest BCUT2D eigenvalue weighted by molar-refractivity contribution is 5.77. The number of aliphatic hydroxyl groups is 2. The van der Waals surface area contributed by atoms with E-state index in [4.69, 9.17) is 10.5 Å². The molecular formula is C32H54N2O5. The number of aliphatic hydroxyl groups excluding tert-OH is 2. The van der Waals surface area contributed by atoms with Crippen molar-refractivity contribution in [2.45, 2.75) is 111 Å². The normalized spacial score (nSPS) is 45.1. The molecule has 0 unspecified atom stereocenters. The molecule has 5 rings (SSSR count). The zero-order chi connectivity index (χ0) is 28.1. The number of nitrogens with zero attached hydrogens (tertiary/aromatic N) is 1. The lowest BCUT2D eigenvalue weighted by Crippen LogP contribution is -2.62. The highest BCUT2D eigenvalue weighted by atomic mass is 16.6. The van der Waals surface area contributed by atoms with Crippen LogP contribution in [0.4, 0.5) is 4.79 Å². The van der Waals surface area contributed by atoms with Crippen LogP contribution in [-0.2, 0) is 9.53 Å². The molecule has 0 spiro atoms. The van der Waals surface area contributed by atoms with Gasteiger partial charge in [-0.1, -0.05) is 34.1 Å². The van der Waals surface area contributed by atoms with Gasteiger partial charge in [0.05, 0.1) is 18.8 Å². The number of hydrogen-bond acceptors (Lipinski definition) is 5. The van der Waals surface area contributed by atoms with Crippen LogP contribution in [0.25, 0.3) is 0 Å². The van der Waals surface area contributed by atoms with Crippen molar-refractivity contribution in [1.82, 2.24) is 4.90 Å². The molecule has 2 amide bonds. The fourth-order valence-electron chi connectivity index (χ4n) is 10.9. The molecule has 39 heavy (non-hydrogen) atoms. The third-order valence-corrected chi connectivity index (χ3v) is 13.1. The fourth-order valence-corrected chi connectivity index (χ4v) is 10.9. The lowest BCUT2D eigenvalue weighted by molar-refractivity contribution is -0.203. The van der Waals surface area contributed by atoms with Crippen LogP contribution in [0.3, 0.4) is 0 Å². The van der Waals surface area contributed by atoms with Crippen molar-refractivity contribution in [2.24, 2.45) is 63.9 Å². The number of likely N-dealkylation sites (tertiary alicyclic amines) is 1. The second kappa shape index (κ2) is 11.2. The summed E-state index contributed by atoms with van der Waals surface area (Å²) in [6.07, 6.45) is 10.0. The molecule has 1 aliphatic heterocycles. The van der Waals surface area contributed by atoms with Gasteiger partial charge in [-0.05, 0) is 116 Å². The number of primary amides is 1. The van der Waals surface area contributed by atoms with Crippen LogP contribution in [0, 0.1) is 58.2 Å². The minimum Gasteiger partial charge on any atom is -0.449 e. The average Bonchev–Trinajstić information content (AvgIpc) is 3.27. The molecular weight excluding hydrogens is 492 g/mol. The van der Waals surface area contributed by atoms with Crippen LogP contribution >= 0.6 is 0 Å². The van der Waals surface area contributed by atoms with E-state index in [1.165, 1.54) is 25.7 Å². The molecule has 222 valence electrons. The topological polar surface area (TPSA) is 113 Å². The van der Waals surface area contributed by atoms with Crippen molar-refractivity contribution >= 4 is 12.0 Å². The second-order valence-corrected chi connectivity index (χ2v) is 14.7. The second-order valence-electron chi connectivity index (χ2n) is 14.7. The summed E-state index contributed by atoms with van der Waals surface area (Å²) in [5.41, 5.74) is 5.87. The quantitative estimate of drug-likeness (QED) is 0.435. The molecule has 7 nitrogen and oxygen atoms in total. The molecule has 5 fully saturated rings. The van der Waals surface area contributed by atoms with E-state index < -0.39 is 0 Å². The molecule has 7 heteroatoms. The van der Waals surface area contributed by atoms with E-state index in [1.54, 1.807) is 4.90 Å².